The number of nitrogens with zero attached hydrogens (tertiary/aromatic N) is 3. The van der Waals surface area contributed by atoms with Crippen LogP contribution in [0.5, 0.6) is 0 Å². The number of para-hydroxylation sites is 1. The summed E-state index contributed by atoms with van der Waals surface area (Å²) in [6.07, 6.45) is 2.53. The minimum absolute atomic E-state index is 0.201. The molecule has 2 N–H and O–H groups in total. The molecule has 0 bridgehead atoms. The standard InChI is InChI=1S/C20H23N5O/c1-16(17-8-4-2-5-9-17)12-13-21-20(26)22-14-19-24-23-15-25(19)18-10-6-3-7-11-18/h2-11,15-16H,12-14H2,1H3,(H2,21,22,26)/t16-/m1/s1. The van der Waals surface area contributed by atoms with Crippen LogP contribution >= 0.6 is 0 Å². The van der Waals surface area contributed by atoms with Gasteiger partial charge in [-0.25, -0.2) is 4.79 Å². The van der Waals surface area contributed by atoms with Crippen LogP contribution in [0.2, 0.25) is 0 Å². The van der Waals surface area contributed by atoms with Gasteiger partial charge in [-0.2, -0.15) is 0 Å². The Hall–Kier alpha value is -3.15. The second-order valence-corrected chi connectivity index (χ2v) is 6.16. The van der Waals surface area contributed by atoms with Crippen LogP contribution in [0.1, 0.15) is 30.7 Å². The monoisotopic (exact) mass is 349 g/mol. The van der Waals surface area contributed by atoms with Crippen molar-refractivity contribution in [2.45, 2.75) is 25.8 Å². The highest BCUT2D eigenvalue weighted by molar-refractivity contribution is 5.73. The SMILES string of the molecule is C[C@H](CCNC(=O)NCc1nncn1-c1ccccc1)c1ccccc1. The van der Waals surface area contributed by atoms with Gasteiger partial charge in [-0.05, 0) is 30.0 Å². The topological polar surface area (TPSA) is 71.8 Å². The molecule has 0 fully saturated rings. The first-order valence-electron chi connectivity index (χ1n) is 8.75. The summed E-state index contributed by atoms with van der Waals surface area (Å²) in [7, 11) is 0. The molecule has 6 heteroatoms. The number of urea groups is 1. The summed E-state index contributed by atoms with van der Waals surface area (Å²) in [6.45, 7) is 3.10. The van der Waals surface area contributed by atoms with Gasteiger partial charge in [0.2, 0.25) is 0 Å². The van der Waals surface area contributed by atoms with Crippen LogP contribution in [-0.4, -0.2) is 27.3 Å². The lowest BCUT2D eigenvalue weighted by Crippen LogP contribution is -2.36. The van der Waals surface area contributed by atoms with E-state index >= 15 is 0 Å². The molecular weight excluding hydrogens is 326 g/mol. The lowest BCUT2D eigenvalue weighted by atomic mass is 9.98. The third-order valence-corrected chi connectivity index (χ3v) is 4.29. The van der Waals surface area contributed by atoms with Crippen LogP contribution in [0.15, 0.2) is 67.0 Å². The molecule has 2 aromatic carbocycles. The third-order valence-electron chi connectivity index (χ3n) is 4.29. The van der Waals surface area contributed by atoms with Gasteiger partial charge >= 0.3 is 6.03 Å². The van der Waals surface area contributed by atoms with Crippen LogP contribution in [0, 0.1) is 0 Å². The van der Waals surface area contributed by atoms with E-state index in [2.05, 4.69) is 39.9 Å². The molecule has 1 aromatic heterocycles. The molecule has 0 saturated heterocycles. The number of hydrogen-bond donors (Lipinski definition) is 2. The van der Waals surface area contributed by atoms with E-state index in [4.69, 9.17) is 0 Å². The van der Waals surface area contributed by atoms with Crippen LogP contribution in [-0.2, 0) is 6.54 Å². The molecule has 0 radical (unpaired) electrons. The van der Waals surface area contributed by atoms with Gasteiger partial charge in [-0.1, -0.05) is 55.5 Å². The van der Waals surface area contributed by atoms with Gasteiger partial charge in [0, 0.05) is 12.2 Å². The van der Waals surface area contributed by atoms with E-state index in [1.807, 2.05) is 53.1 Å². The van der Waals surface area contributed by atoms with Crippen molar-refractivity contribution in [2.75, 3.05) is 6.54 Å². The van der Waals surface area contributed by atoms with Crippen molar-refractivity contribution in [1.29, 1.82) is 0 Å². The summed E-state index contributed by atoms with van der Waals surface area (Å²) in [5.74, 6) is 1.08. The molecule has 0 aliphatic rings. The molecule has 0 unspecified atom stereocenters. The van der Waals surface area contributed by atoms with Crippen molar-refractivity contribution in [1.82, 2.24) is 25.4 Å². The molecule has 3 aromatic rings. The first kappa shape index (κ1) is 17.7. The van der Waals surface area contributed by atoms with Crippen molar-refractivity contribution >= 4 is 6.03 Å². The largest absolute Gasteiger partial charge is 0.338 e. The zero-order valence-electron chi connectivity index (χ0n) is 14.8. The summed E-state index contributed by atoms with van der Waals surface area (Å²) in [5, 5.41) is 13.8. The maximum atomic E-state index is 12.0. The average molecular weight is 349 g/mol. The Morgan fingerprint density at radius 3 is 2.46 bits per heavy atom. The molecule has 0 aliphatic heterocycles. The normalized spacial score (nSPS) is 11.7. The highest BCUT2D eigenvalue weighted by atomic mass is 16.2. The van der Waals surface area contributed by atoms with Gasteiger partial charge in [0.25, 0.3) is 0 Å². The Bertz CT molecular complexity index is 816. The van der Waals surface area contributed by atoms with Gasteiger partial charge in [-0.15, -0.1) is 10.2 Å². The van der Waals surface area contributed by atoms with E-state index in [1.54, 1.807) is 6.33 Å². The zero-order valence-corrected chi connectivity index (χ0v) is 14.8. The van der Waals surface area contributed by atoms with Crippen LogP contribution < -0.4 is 10.6 Å². The van der Waals surface area contributed by atoms with Crippen molar-refractivity contribution < 1.29 is 4.79 Å². The minimum atomic E-state index is -0.201. The predicted octanol–water partition coefficient (Wildman–Crippen LogP) is 3.26. The summed E-state index contributed by atoms with van der Waals surface area (Å²) in [6, 6.07) is 19.9. The Labute approximate surface area is 153 Å². The van der Waals surface area contributed by atoms with E-state index in [-0.39, 0.29) is 6.03 Å². The quantitative estimate of drug-likeness (QED) is 0.688. The maximum Gasteiger partial charge on any atom is 0.315 e. The van der Waals surface area contributed by atoms with Gasteiger partial charge in [0.1, 0.15) is 6.33 Å². The minimum Gasteiger partial charge on any atom is -0.338 e. The number of carbonyl (C=O) groups is 1. The smallest absolute Gasteiger partial charge is 0.315 e. The van der Waals surface area contributed by atoms with Gasteiger partial charge in [0.15, 0.2) is 5.82 Å². The summed E-state index contributed by atoms with van der Waals surface area (Å²) < 4.78 is 1.86. The van der Waals surface area contributed by atoms with E-state index < -0.39 is 0 Å². The molecule has 26 heavy (non-hydrogen) atoms. The summed E-state index contributed by atoms with van der Waals surface area (Å²) >= 11 is 0. The lowest BCUT2D eigenvalue weighted by Gasteiger charge is -2.13. The fraction of sp³-hybridized carbons (Fsp3) is 0.250. The van der Waals surface area contributed by atoms with Crippen LogP contribution in [0.4, 0.5) is 4.79 Å². The summed E-state index contributed by atoms with van der Waals surface area (Å²) in [4.78, 5) is 12.0. The van der Waals surface area contributed by atoms with E-state index in [0.29, 0.717) is 24.8 Å². The molecular formula is C20H23N5O. The van der Waals surface area contributed by atoms with Crippen molar-refractivity contribution in [3.63, 3.8) is 0 Å². The van der Waals surface area contributed by atoms with E-state index in [1.165, 1.54) is 5.56 Å². The number of benzene rings is 2. The average Bonchev–Trinajstić information content (AvgIpc) is 3.16. The second-order valence-electron chi connectivity index (χ2n) is 6.16. The number of nitrogens with one attached hydrogen (secondary N) is 2. The molecule has 1 atom stereocenters. The molecule has 2 amide bonds. The molecule has 3 rings (SSSR count). The first-order chi connectivity index (χ1) is 12.7. The zero-order chi connectivity index (χ0) is 18.2. The Kier molecular flexibility index (Phi) is 5.98. The number of hydrogen-bond acceptors (Lipinski definition) is 3. The number of aromatic nitrogens is 3. The lowest BCUT2D eigenvalue weighted by molar-refractivity contribution is 0.240. The fourth-order valence-electron chi connectivity index (χ4n) is 2.76. The Balaban J connectivity index is 1.45. The molecule has 0 spiro atoms. The highest BCUT2D eigenvalue weighted by Crippen LogP contribution is 2.17. The molecule has 0 aliphatic carbocycles. The number of amides is 2. The van der Waals surface area contributed by atoms with Crippen molar-refractivity contribution in [2.24, 2.45) is 0 Å². The van der Waals surface area contributed by atoms with Gasteiger partial charge < -0.3 is 10.6 Å². The first-order valence-corrected chi connectivity index (χ1v) is 8.75. The van der Waals surface area contributed by atoms with Gasteiger partial charge in [0.05, 0.1) is 6.54 Å². The van der Waals surface area contributed by atoms with Crippen LogP contribution in [0.3, 0.4) is 0 Å². The number of rotatable bonds is 7. The maximum absolute atomic E-state index is 12.0. The van der Waals surface area contributed by atoms with E-state index in [0.717, 1.165) is 12.1 Å². The molecule has 6 nitrogen and oxygen atoms in total. The predicted molar refractivity (Wildman–Crippen MR) is 101 cm³/mol. The molecule has 0 saturated carbocycles. The summed E-state index contributed by atoms with van der Waals surface area (Å²) in [5.41, 5.74) is 2.25. The van der Waals surface area contributed by atoms with Crippen molar-refractivity contribution in [3.8, 4) is 5.69 Å². The third kappa shape index (κ3) is 4.69. The van der Waals surface area contributed by atoms with Crippen molar-refractivity contribution in [3.05, 3.63) is 78.4 Å². The van der Waals surface area contributed by atoms with Gasteiger partial charge in [-0.3, -0.25) is 4.57 Å². The Morgan fingerprint density at radius 1 is 1.04 bits per heavy atom. The fourth-order valence-corrected chi connectivity index (χ4v) is 2.76. The Morgan fingerprint density at radius 2 is 1.73 bits per heavy atom. The molecule has 134 valence electrons. The highest BCUT2D eigenvalue weighted by Gasteiger charge is 2.09. The van der Waals surface area contributed by atoms with Crippen LogP contribution in [0.25, 0.3) is 5.69 Å². The number of carbonyl (C=O) groups excluding carboxylic acids is 1. The molecule has 1 heterocycles. The second kappa shape index (κ2) is 8.80. The van der Waals surface area contributed by atoms with E-state index in [9.17, 15) is 4.79 Å².